The van der Waals surface area contributed by atoms with Gasteiger partial charge in [-0.25, -0.2) is 13.1 Å². The van der Waals surface area contributed by atoms with E-state index in [0.29, 0.717) is 28.3 Å². The van der Waals surface area contributed by atoms with Crippen LogP contribution in [0.3, 0.4) is 0 Å². The van der Waals surface area contributed by atoms with E-state index in [9.17, 15) is 8.42 Å². The van der Waals surface area contributed by atoms with Gasteiger partial charge in [0.1, 0.15) is 0 Å². The average Bonchev–Trinajstić information content (AvgIpc) is 2.23. The molecule has 0 spiro atoms. The number of hydrogen-bond acceptors (Lipinski definition) is 4. The second kappa shape index (κ2) is 6.34. The molecule has 0 aromatic heterocycles. The first-order chi connectivity index (χ1) is 9.44. The van der Waals surface area contributed by atoms with Crippen LogP contribution >= 0.6 is 0 Å². The van der Waals surface area contributed by atoms with Crippen molar-refractivity contribution in [3.05, 3.63) is 23.3 Å². The second-order valence-corrected chi connectivity index (χ2v) is 8.41. The topological polar surface area (TPSA) is 75.4 Å². The number of benzene rings is 1. The third-order valence-electron chi connectivity index (χ3n) is 3.24. The fourth-order valence-electron chi connectivity index (χ4n) is 2.68. The van der Waals surface area contributed by atoms with Crippen LogP contribution in [-0.4, -0.2) is 40.5 Å². The fraction of sp³-hybridized carbons (Fsp3) is 0.600. The van der Waals surface area contributed by atoms with Gasteiger partial charge in [0.15, 0.2) is 0 Å². The van der Waals surface area contributed by atoms with Gasteiger partial charge in [-0.2, -0.15) is 0 Å². The Labute approximate surface area is 128 Å². The number of aryl methyl sites for hydroxylation is 2. The van der Waals surface area contributed by atoms with Gasteiger partial charge in [-0.1, -0.05) is 13.8 Å². The van der Waals surface area contributed by atoms with E-state index < -0.39 is 10.0 Å². The highest BCUT2D eigenvalue weighted by Gasteiger charge is 2.25. The van der Waals surface area contributed by atoms with Crippen LogP contribution in [0.2, 0.25) is 0 Å². The molecule has 21 heavy (non-hydrogen) atoms. The maximum absolute atomic E-state index is 12.6. The summed E-state index contributed by atoms with van der Waals surface area (Å²) in [7, 11) is 0.422. The van der Waals surface area contributed by atoms with Crippen molar-refractivity contribution < 1.29 is 8.42 Å². The molecule has 0 heterocycles. The summed E-state index contributed by atoms with van der Waals surface area (Å²) in [6, 6.07) is 3.37. The van der Waals surface area contributed by atoms with Gasteiger partial charge in [0, 0.05) is 18.8 Å². The molecule has 1 aromatic carbocycles. The summed E-state index contributed by atoms with van der Waals surface area (Å²) in [5.74, 6) is 0. The molecular weight excluding hydrogens is 286 g/mol. The van der Waals surface area contributed by atoms with E-state index in [1.165, 1.54) is 0 Å². The van der Waals surface area contributed by atoms with Gasteiger partial charge >= 0.3 is 0 Å². The van der Waals surface area contributed by atoms with Gasteiger partial charge in [0.25, 0.3) is 0 Å². The van der Waals surface area contributed by atoms with Crippen LogP contribution in [0.4, 0.5) is 5.69 Å². The highest BCUT2D eigenvalue weighted by Crippen LogP contribution is 2.24. The number of nitrogens with one attached hydrogen (secondary N) is 1. The first-order valence-corrected chi connectivity index (χ1v) is 8.44. The van der Waals surface area contributed by atoms with Crippen molar-refractivity contribution in [2.75, 3.05) is 32.9 Å². The van der Waals surface area contributed by atoms with Crippen LogP contribution in [0.15, 0.2) is 17.0 Å². The molecule has 6 heteroatoms. The number of hydrogen-bond donors (Lipinski definition) is 2. The first kappa shape index (κ1) is 17.9. The van der Waals surface area contributed by atoms with E-state index in [-0.39, 0.29) is 5.41 Å². The molecule has 0 fully saturated rings. The summed E-state index contributed by atoms with van der Waals surface area (Å²) < 4.78 is 27.8. The minimum absolute atomic E-state index is 0.147. The quantitative estimate of drug-likeness (QED) is 0.785. The van der Waals surface area contributed by atoms with Crippen LogP contribution in [0.5, 0.6) is 0 Å². The lowest BCUT2D eigenvalue weighted by Gasteiger charge is -2.28. The third kappa shape index (κ3) is 4.98. The normalized spacial score (nSPS) is 12.9. The molecule has 0 aliphatic rings. The standard InChI is InChI=1S/C15H27N3O2S/c1-11-7-13(16)8-12(2)14(11)21(19,20)17-9-15(3,4)10-18(5)6/h7-8,17H,9-10,16H2,1-6H3. The smallest absolute Gasteiger partial charge is 0.241 e. The van der Waals surface area contributed by atoms with Gasteiger partial charge in [-0.15, -0.1) is 0 Å². The molecule has 1 aromatic rings. The molecule has 0 unspecified atom stereocenters. The zero-order valence-corrected chi connectivity index (χ0v) is 14.6. The predicted octanol–water partition coefficient (Wildman–Crippen LogP) is 1.75. The Balaban J connectivity index is 2.98. The van der Waals surface area contributed by atoms with Crippen LogP contribution in [0, 0.1) is 19.3 Å². The minimum Gasteiger partial charge on any atom is -0.399 e. The summed E-state index contributed by atoms with van der Waals surface area (Å²) >= 11 is 0. The molecule has 0 saturated heterocycles. The molecular formula is C15H27N3O2S. The zero-order chi connectivity index (χ0) is 16.4. The lowest BCUT2D eigenvalue weighted by molar-refractivity contribution is 0.242. The van der Waals surface area contributed by atoms with Crippen molar-refractivity contribution in [1.82, 2.24) is 9.62 Å². The fourth-order valence-corrected chi connectivity index (χ4v) is 4.37. The van der Waals surface area contributed by atoms with E-state index in [2.05, 4.69) is 4.72 Å². The average molecular weight is 313 g/mol. The SMILES string of the molecule is Cc1cc(N)cc(C)c1S(=O)(=O)NCC(C)(C)CN(C)C. The van der Waals surface area contributed by atoms with Gasteiger partial charge in [-0.3, -0.25) is 0 Å². The van der Waals surface area contributed by atoms with Crippen LogP contribution in [-0.2, 0) is 10.0 Å². The summed E-state index contributed by atoms with van der Waals surface area (Å²) in [5.41, 5.74) is 7.53. The lowest BCUT2D eigenvalue weighted by atomic mass is 9.93. The molecule has 0 radical (unpaired) electrons. The molecule has 0 aliphatic heterocycles. The third-order valence-corrected chi connectivity index (χ3v) is 4.94. The highest BCUT2D eigenvalue weighted by atomic mass is 32.2. The van der Waals surface area contributed by atoms with Gasteiger partial charge < -0.3 is 10.6 Å². The number of nitrogen functional groups attached to an aromatic ring is 1. The Morgan fingerprint density at radius 2 is 1.67 bits per heavy atom. The Morgan fingerprint density at radius 3 is 2.10 bits per heavy atom. The first-order valence-electron chi connectivity index (χ1n) is 6.96. The zero-order valence-electron chi connectivity index (χ0n) is 13.8. The number of sulfonamides is 1. The van der Waals surface area contributed by atoms with Gasteiger partial charge in [0.05, 0.1) is 4.90 Å². The van der Waals surface area contributed by atoms with Crippen LogP contribution < -0.4 is 10.5 Å². The van der Waals surface area contributed by atoms with Gasteiger partial charge in [0.2, 0.25) is 10.0 Å². The Bertz CT molecular complexity index is 584. The van der Waals surface area contributed by atoms with E-state index in [4.69, 9.17) is 5.73 Å². The molecule has 0 atom stereocenters. The van der Waals surface area contributed by atoms with Crippen molar-refractivity contribution in [2.45, 2.75) is 32.6 Å². The van der Waals surface area contributed by atoms with Crippen LogP contribution in [0.1, 0.15) is 25.0 Å². The summed E-state index contributed by atoms with van der Waals surface area (Å²) in [6.07, 6.45) is 0. The maximum Gasteiger partial charge on any atom is 0.241 e. The predicted molar refractivity (Wildman–Crippen MR) is 87.9 cm³/mol. The summed E-state index contributed by atoms with van der Waals surface area (Å²) in [4.78, 5) is 2.38. The summed E-state index contributed by atoms with van der Waals surface area (Å²) in [6.45, 7) is 8.80. The Morgan fingerprint density at radius 1 is 1.19 bits per heavy atom. The largest absolute Gasteiger partial charge is 0.399 e. The maximum atomic E-state index is 12.6. The van der Waals surface area contributed by atoms with Crippen molar-refractivity contribution in [1.29, 1.82) is 0 Å². The number of rotatable bonds is 6. The lowest BCUT2D eigenvalue weighted by Crippen LogP contribution is -2.40. The van der Waals surface area contributed by atoms with Crippen molar-refractivity contribution in [3.8, 4) is 0 Å². The number of nitrogens with two attached hydrogens (primary N) is 1. The summed E-state index contributed by atoms with van der Waals surface area (Å²) in [5, 5.41) is 0. The van der Waals surface area contributed by atoms with Crippen molar-refractivity contribution in [2.24, 2.45) is 5.41 Å². The van der Waals surface area contributed by atoms with Crippen molar-refractivity contribution >= 4 is 15.7 Å². The van der Waals surface area contributed by atoms with Crippen molar-refractivity contribution in [3.63, 3.8) is 0 Å². The van der Waals surface area contributed by atoms with E-state index in [1.54, 1.807) is 26.0 Å². The molecule has 0 bridgehead atoms. The molecule has 0 amide bonds. The molecule has 3 N–H and O–H groups in total. The van der Waals surface area contributed by atoms with E-state index >= 15 is 0 Å². The van der Waals surface area contributed by atoms with Crippen LogP contribution in [0.25, 0.3) is 0 Å². The molecule has 1 rings (SSSR count). The second-order valence-electron chi connectivity index (χ2n) is 6.71. The molecule has 120 valence electrons. The Hall–Kier alpha value is -1.11. The molecule has 0 aliphatic carbocycles. The molecule has 0 saturated carbocycles. The monoisotopic (exact) mass is 313 g/mol. The van der Waals surface area contributed by atoms with E-state index in [1.807, 2.05) is 32.8 Å². The molecule has 5 nitrogen and oxygen atoms in total. The van der Waals surface area contributed by atoms with E-state index in [0.717, 1.165) is 6.54 Å². The highest BCUT2D eigenvalue weighted by molar-refractivity contribution is 7.89. The Kier molecular flexibility index (Phi) is 5.41. The minimum atomic E-state index is -3.53. The number of nitrogens with zero attached hydrogens (tertiary/aromatic N) is 1. The number of anilines is 1. The van der Waals surface area contributed by atoms with Gasteiger partial charge in [-0.05, 0) is 56.6 Å².